The van der Waals surface area contributed by atoms with Gasteiger partial charge in [0.15, 0.2) is 0 Å². The van der Waals surface area contributed by atoms with Gasteiger partial charge in [0.1, 0.15) is 17.9 Å². The Hall–Kier alpha value is -2.89. The number of esters is 1. The van der Waals surface area contributed by atoms with Crippen molar-refractivity contribution in [2.75, 3.05) is 0 Å². The van der Waals surface area contributed by atoms with Crippen molar-refractivity contribution in [3.63, 3.8) is 0 Å². The van der Waals surface area contributed by atoms with Crippen LogP contribution in [0.5, 0.6) is 5.75 Å². The van der Waals surface area contributed by atoms with Crippen molar-refractivity contribution in [1.82, 2.24) is 0 Å². The van der Waals surface area contributed by atoms with Gasteiger partial charge < -0.3 is 9.84 Å². The lowest BCUT2D eigenvalue weighted by atomic mass is 10.1. The molecule has 2 aromatic rings. The van der Waals surface area contributed by atoms with Crippen molar-refractivity contribution in [3.8, 4) is 5.75 Å². The lowest BCUT2D eigenvalue weighted by Crippen LogP contribution is -2.06. The molecule has 0 aliphatic heterocycles. The molecule has 2 aromatic carbocycles. The van der Waals surface area contributed by atoms with Gasteiger partial charge in [-0.25, -0.2) is 4.79 Å². The summed E-state index contributed by atoms with van der Waals surface area (Å²) >= 11 is 0. The van der Waals surface area contributed by atoms with Gasteiger partial charge in [0.05, 0.1) is 4.92 Å². The number of aryl methyl sites for hydroxylation is 1. The number of hydrogen-bond acceptors (Lipinski definition) is 5. The number of ether oxygens (including phenoxy) is 1. The summed E-state index contributed by atoms with van der Waals surface area (Å²) in [5.74, 6) is -0.802. The average Bonchev–Trinajstić information content (AvgIpc) is 2.48. The van der Waals surface area contributed by atoms with Gasteiger partial charge in [0.25, 0.3) is 5.69 Å². The third-order valence-electron chi connectivity index (χ3n) is 2.95. The number of phenols is 1. The molecule has 0 radical (unpaired) electrons. The summed E-state index contributed by atoms with van der Waals surface area (Å²) in [6.45, 7) is 1.57. The van der Waals surface area contributed by atoms with Crippen molar-refractivity contribution in [2.45, 2.75) is 13.5 Å². The SMILES string of the molecule is Cc1cccc(C(=O)OCc2cccc([N+](=O)[O-])c2)c1O. The number of nitro benzene ring substituents is 1. The van der Waals surface area contributed by atoms with Crippen LogP contribution in [0, 0.1) is 17.0 Å². The number of nitro groups is 1. The van der Waals surface area contributed by atoms with Crippen LogP contribution < -0.4 is 0 Å². The lowest BCUT2D eigenvalue weighted by Gasteiger charge is -2.07. The summed E-state index contributed by atoms with van der Waals surface area (Å²) in [4.78, 5) is 22.0. The topological polar surface area (TPSA) is 89.7 Å². The summed E-state index contributed by atoms with van der Waals surface area (Å²) in [6, 6.07) is 10.6. The molecule has 0 bridgehead atoms. The molecule has 6 nitrogen and oxygen atoms in total. The molecule has 0 saturated carbocycles. The van der Waals surface area contributed by atoms with Gasteiger partial charge in [0.2, 0.25) is 0 Å². The highest BCUT2D eigenvalue weighted by Crippen LogP contribution is 2.22. The second-order valence-corrected chi connectivity index (χ2v) is 4.47. The number of nitrogens with zero attached hydrogens (tertiary/aromatic N) is 1. The molecular formula is C15H13NO5. The Morgan fingerprint density at radius 1 is 1.29 bits per heavy atom. The molecular weight excluding hydrogens is 274 g/mol. The second kappa shape index (κ2) is 6.04. The molecule has 0 aliphatic rings. The number of phenolic OH excluding ortho intramolecular Hbond substituents is 1. The van der Waals surface area contributed by atoms with E-state index >= 15 is 0 Å². The summed E-state index contributed by atoms with van der Waals surface area (Å²) in [6.07, 6.45) is 0. The molecule has 0 atom stereocenters. The average molecular weight is 287 g/mol. The van der Waals surface area contributed by atoms with Crippen LogP contribution in [-0.4, -0.2) is 16.0 Å². The third-order valence-corrected chi connectivity index (χ3v) is 2.95. The van der Waals surface area contributed by atoms with E-state index in [1.807, 2.05) is 0 Å². The van der Waals surface area contributed by atoms with Crippen molar-refractivity contribution in [1.29, 1.82) is 0 Å². The van der Waals surface area contributed by atoms with Gasteiger partial charge in [-0.1, -0.05) is 24.3 Å². The highest BCUT2D eigenvalue weighted by Gasteiger charge is 2.14. The molecule has 0 fully saturated rings. The lowest BCUT2D eigenvalue weighted by molar-refractivity contribution is -0.384. The Balaban J connectivity index is 2.09. The first-order valence-electron chi connectivity index (χ1n) is 6.18. The predicted octanol–water partition coefficient (Wildman–Crippen LogP) is 2.97. The molecule has 6 heteroatoms. The van der Waals surface area contributed by atoms with E-state index in [0.29, 0.717) is 11.1 Å². The van der Waals surface area contributed by atoms with Crippen LogP contribution >= 0.6 is 0 Å². The molecule has 0 amide bonds. The fourth-order valence-electron chi connectivity index (χ4n) is 1.81. The number of aromatic hydroxyl groups is 1. The molecule has 21 heavy (non-hydrogen) atoms. The van der Waals surface area contributed by atoms with E-state index in [9.17, 15) is 20.0 Å². The van der Waals surface area contributed by atoms with Crippen molar-refractivity contribution in [2.24, 2.45) is 0 Å². The van der Waals surface area contributed by atoms with Crippen LogP contribution in [0.1, 0.15) is 21.5 Å². The number of carbonyl (C=O) groups excluding carboxylic acids is 1. The van der Waals surface area contributed by atoms with Crippen LogP contribution in [0.25, 0.3) is 0 Å². The van der Waals surface area contributed by atoms with Crippen LogP contribution in [0.3, 0.4) is 0 Å². The minimum atomic E-state index is -0.678. The van der Waals surface area contributed by atoms with Crippen LogP contribution in [-0.2, 0) is 11.3 Å². The Bertz CT molecular complexity index is 696. The number of non-ortho nitro benzene ring substituents is 1. The Morgan fingerprint density at radius 2 is 2.00 bits per heavy atom. The van der Waals surface area contributed by atoms with E-state index in [1.54, 1.807) is 25.1 Å². The molecule has 0 saturated heterocycles. The number of rotatable bonds is 4. The van der Waals surface area contributed by atoms with Crippen LogP contribution in [0.15, 0.2) is 42.5 Å². The number of hydrogen-bond donors (Lipinski definition) is 1. The highest BCUT2D eigenvalue weighted by molar-refractivity contribution is 5.92. The first kappa shape index (κ1) is 14.5. The highest BCUT2D eigenvalue weighted by atomic mass is 16.6. The molecule has 0 spiro atoms. The smallest absolute Gasteiger partial charge is 0.342 e. The molecule has 0 aromatic heterocycles. The minimum absolute atomic E-state index is 0.0676. The van der Waals surface area contributed by atoms with Gasteiger partial charge in [-0.3, -0.25) is 10.1 Å². The third kappa shape index (κ3) is 3.36. The molecule has 0 unspecified atom stereocenters. The maximum Gasteiger partial charge on any atom is 0.342 e. The summed E-state index contributed by atoms with van der Waals surface area (Å²) in [7, 11) is 0. The molecule has 2 rings (SSSR count). The fourth-order valence-corrected chi connectivity index (χ4v) is 1.81. The Kier molecular flexibility index (Phi) is 4.18. The maximum absolute atomic E-state index is 11.9. The number of carbonyl (C=O) groups is 1. The minimum Gasteiger partial charge on any atom is -0.507 e. The van der Waals surface area contributed by atoms with E-state index in [1.165, 1.54) is 24.3 Å². The van der Waals surface area contributed by atoms with Gasteiger partial charge >= 0.3 is 5.97 Å². The van der Waals surface area contributed by atoms with Crippen molar-refractivity contribution >= 4 is 11.7 Å². The maximum atomic E-state index is 11.9. The van der Waals surface area contributed by atoms with Crippen molar-refractivity contribution in [3.05, 3.63) is 69.3 Å². The predicted molar refractivity (Wildman–Crippen MR) is 75.1 cm³/mol. The van der Waals surface area contributed by atoms with Gasteiger partial charge in [-0.05, 0) is 24.1 Å². The quantitative estimate of drug-likeness (QED) is 0.530. The van der Waals surface area contributed by atoms with E-state index in [2.05, 4.69) is 0 Å². The van der Waals surface area contributed by atoms with Gasteiger partial charge in [-0.15, -0.1) is 0 Å². The summed E-state index contributed by atoms with van der Waals surface area (Å²) in [5, 5.41) is 20.5. The Labute approximate surface area is 120 Å². The van der Waals surface area contributed by atoms with E-state index in [0.717, 1.165) is 0 Å². The van der Waals surface area contributed by atoms with E-state index in [-0.39, 0.29) is 23.6 Å². The molecule has 0 heterocycles. The van der Waals surface area contributed by atoms with Crippen LogP contribution in [0.4, 0.5) is 5.69 Å². The van der Waals surface area contributed by atoms with Gasteiger partial charge in [-0.2, -0.15) is 0 Å². The van der Waals surface area contributed by atoms with Crippen LogP contribution in [0.2, 0.25) is 0 Å². The zero-order valence-corrected chi connectivity index (χ0v) is 11.3. The summed E-state index contributed by atoms with van der Waals surface area (Å²) < 4.78 is 5.06. The fraction of sp³-hybridized carbons (Fsp3) is 0.133. The zero-order chi connectivity index (χ0) is 15.4. The summed E-state index contributed by atoms with van der Waals surface area (Å²) in [5.41, 5.74) is 1.08. The first-order valence-corrected chi connectivity index (χ1v) is 6.18. The standard InChI is InChI=1S/C15H13NO5/c1-10-4-2-7-13(14(10)17)15(18)21-9-11-5-3-6-12(8-11)16(19)20/h2-8,17H,9H2,1H3. The molecule has 1 N–H and O–H groups in total. The van der Waals surface area contributed by atoms with E-state index in [4.69, 9.17) is 4.74 Å². The number of benzene rings is 2. The first-order chi connectivity index (χ1) is 9.99. The largest absolute Gasteiger partial charge is 0.507 e. The second-order valence-electron chi connectivity index (χ2n) is 4.47. The van der Waals surface area contributed by atoms with Crippen molar-refractivity contribution < 1.29 is 19.6 Å². The zero-order valence-electron chi connectivity index (χ0n) is 11.3. The monoisotopic (exact) mass is 287 g/mol. The Morgan fingerprint density at radius 3 is 2.71 bits per heavy atom. The van der Waals surface area contributed by atoms with E-state index < -0.39 is 10.9 Å². The normalized spacial score (nSPS) is 10.1. The van der Waals surface area contributed by atoms with Gasteiger partial charge in [0, 0.05) is 12.1 Å². The number of para-hydroxylation sites is 1. The molecule has 0 aliphatic carbocycles. The molecule has 108 valence electrons.